The minimum absolute atomic E-state index is 0.0153. The number of benzene rings is 4. The van der Waals surface area contributed by atoms with Crippen molar-refractivity contribution < 1.29 is 9.59 Å². The maximum absolute atomic E-state index is 13.1. The number of hydrogen-bond acceptors (Lipinski definition) is 4. The first-order valence-corrected chi connectivity index (χ1v) is 13.9. The van der Waals surface area contributed by atoms with Gasteiger partial charge in [0.25, 0.3) is 0 Å². The van der Waals surface area contributed by atoms with E-state index in [1.54, 1.807) is 12.4 Å². The van der Waals surface area contributed by atoms with E-state index < -0.39 is 0 Å². The molecule has 202 valence electrons. The Hall–Kier alpha value is -5.09. The predicted octanol–water partition coefficient (Wildman–Crippen LogP) is 7.78. The minimum atomic E-state index is 0.0153. The van der Waals surface area contributed by atoms with Crippen molar-refractivity contribution in [2.75, 3.05) is 18.0 Å². The third kappa shape index (κ3) is 7.11. The third-order valence-corrected chi connectivity index (χ3v) is 7.15. The Kier molecular flexibility index (Phi) is 8.92. The number of nitrogens with zero attached hydrogens (tertiary/aromatic N) is 2. The minimum Gasteiger partial charge on any atom is -0.371 e. The summed E-state index contributed by atoms with van der Waals surface area (Å²) in [7, 11) is 0. The van der Waals surface area contributed by atoms with Crippen LogP contribution in [0.1, 0.15) is 55.5 Å². The summed E-state index contributed by atoms with van der Waals surface area (Å²) in [6, 6.07) is 36.7. The maximum atomic E-state index is 13.1. The second kappa shape index (κ2) is 13.3. The Balaban J connectivity index is 1.17. The van der Waals surface area contributed by atoms with Gasteiger partial charge in [-0.05, 0) is 66.4 Å². The van der Waals surface area contributed by atoms with Crippen molar-refractivity contribution in [2.24, 2.45) is 0 Å². The fourth-order valence-electron chi connectivity index (χ4n) is 4.72. The monoisotopic (exact) mass is 536 g/mol. The van der Waals surface area contributed by atoms with Gasteiger partial charge >= 0.3 is 0 Å². The zero-order valence-electron chi connectivity index (χ0n) is 23.1. The molecule has 1 aromatic heterocycles. The molecule has 5 rings (SSSR count). The van der Waals surface area contributed by atoms with Crippen LogP contribution in [-0.4, -0.2) is 29.6 Å². The number of hydrogen-bond donors (Lipinski definition) is 0. The molecule has 4 aromatic carbocycles. The van der Waals surface area contributed by atoms with Crippen LogP contribution in [0.4, 0.5) is 5.69 Å². The Morgan fingerprint density at radius 1 is 0.610 bits per heavy atom. The summed E-state index contributed by atoms with van der Waals surface area (Å²) in [4.78, 5) is 32.1. The Morgan fingerprint density at radius 3 is 1.66 bits per heavy atom. The van der Waals surface area contributed by atoms with E-state index in [4.69, 9.17) is 0 Å². The average Bonchev–Trinajstić information content (AvgIpc) is 3.05. The molecule has 0 radical (unpaired) electrons. The number of rotatable bonds is 11. The van der Waals surface area contributed by atoms with Crippen LogP contribution in [0.25, 0.3) is 12.2 Å². The summed E-state index contributed by atoms with van der Waals surface area (Å²) >= 11 is 0. The van der Waals surface area contributed by atoms with E-state index in [0.717, 1.165) is 36.3 Å². The molecule has 0 spiro atoms. The van der Waals surface area contributed by atoms with Gasteiger partial charge in [0, 0.05) is 53.4 Å². The van der Waals surface area contributed by atoms with Crippen molar-refractivity contribution >= 4 is 29.4 Å². The number of pyridine rings is 1. The summed E-state index contributed by atoms with van der Waals surface area (Å²) < 4.78 is 0. The van der Waals surface area contributed by atoms with Gasteiger partial charge in [0.2, 0.25) is 0 Å². The number of likely N-dealkylation sites (N-methyl/N-ethyl adjacent to an activating group) is 1. The molecule has 0 aliphatic carbocycles. The number of anilines is 1. The van der Waals surface area contributed by atoms with Gasteiger partial charge in [-0.25, -0.2) is 0 Å². The molecule has 0 unspecified atom stereocenters. The maximum Gasteiger partial charge on any atom is 0.193 e. The largest absolute Gasteiger partial charge is 0.371 e. The molecule has 0 saturated heterocycles. The summed E-state index contributed by atoms with van der Waals surface area (Å²) in [5, 5.41) is 0. The van der Waals surface area contributed by atoms with Crippen molar-refractivity contribution in [3.05, 3.63) is 167 Å². The van der Waals surface area contributed by atoms with Gasteiger partial charge in [0.15, 0.2) is 11.6 Å². The number of aromatic nitrogens is 1. The second-order valence-corrected chi connectivity index (χ2v) is 9.83. The summed E-state index contributed by atoms with van der Waals surface area (Å²) in [5.41, 5.74) is 7.11. The van der Waals surface area contributed by atoms with Crippen molar-refractivity contribution in [1.29, 1.82) is 0 Å². The molecular formula is C37H32N2O2. The SMILES string of the molecule is CCN(CCc1ccc(C(=O)c2ccc(C=Cc3ccncc3)cc2)cc1)c1ccc(C(=O)c2ccccc2)cc1. The number of carbonyl (C=O) groups is 2. The summed E-state index contributed by atoms with van der Waals surface area (Å²) in [5.74, 6) is 0.0465. The van der Waals surface area contributed by atoms with Gasteiger partial charge in [0.05, 0.1) is 0 Å². The predicted molar refractivity (Wildman–Crippen MR) is 167 cm³/mol. The van der Waals surface area contributed by atoms with Crippen molar-refractivity contribution in [3.63, 3.8) is 0 Å². The van der Waals surface area contributed by atoms with Crippen molar-refractivity contribution in [2.45, 2.75) is 13.3 Å². The van der Waals surface area contributed by atoms with Crippen LogP contribution < -0.4 is 4.90 Å². The lowest BCUT2D eigenvalue weighted by atomic mass is 10.00. The van der Waals surface area contributed by atoms with Crippen LogP contribution in [0.15, 0.2) is 128 Å². The van der Waals surface area contributed by atoms with E-state index in [-0.39, 0.29) is 11.6 Å². The van der Waals surface area contributed by atoms with Gasteiger partial charge in [-0.3, -0.25) is 14.6 Å². The van der Waals surface area contributed by atoms with Crippen LogP contribution in [0.5, 0.6) is 0 Å². The highest BCUT2D eigenvalue weighted by atomic mass is 16.1. The molecule has 5 aromatic rings. The van der Waals surface area contributed by atoms with E-state index >= 15 is 0 Å². The van der Waals surface area contributed by atoms with E-state index in [0.29, 0.717) is 22.3 Å². The topological polar surface area (TPSA) is 50.3 Å². The molecular weight excluding hydrogens is 504 g/mol. The van der Waals surface area contributed by atoms with Gasteiger partial charge in [-0.15, -0.1) is 0 Å². The summed E-state index contributed by atoms with van der Waals surface area (Å²) in [6.07, 6.45) is 8.44. The average molecular weight is 537 g/mol. The molecule has 0 aliphatic heterocycles. The lowest BCUT2D eigenvalue weighted by Gasteiger charge is -2.23. The first-order valence-electron chi connectivity index (χ1n) is 13.9. The Labute approximate surface area is 241 Å². The van der Waals surface area contributed by atoms with E-state index in [9.17, 15) is 9.59 Å². The highest BCUT2D eigenvalue weighted by Gasteiger charge is 2.12. The lowest BCUT2D eigenvalue weighted by Crippen LogP contribution is -2.25. The molecule has 0 saturated carbocycles. The first kappa shape index (κ1) is 27.5. The fraction of sp³-hybridized carbons (Fsp3) is 0.108. The van der Waals surface area contributed by atoms with Crippen LogP contribution in [0.2, 0.25) is 0 Å². The molecule has 0 bridgehead atoms. The molecule has 1 heterocycles. The molecule has 0 atom stereocenters. The smallest absolute Gasteiger partial charge is 0.193 e. The van der Waals surface area contributed by atoms with Crippen LogP contribution in [0, 0.1) is 0 Å². The highest BCUT2D eigenvalue weighted by molar-refractivity contribution is 6.09. The van der Waals surface area contributed by atoms with Gasteiger partial charge < -0.3 is 4.90 Å². The van der Waals surface area contributed by atoms with Gasteiger partial charge in [-0.2, -0.15) is 0 Å². The Bertz CT molecular complexity index is 1610. The molecule has 41 heavy (non-hydrogen) atoms. The van der Waals surface area contributed by atoms with Crippen LogP contribution in [-0.2, 0) is 6.42 Å². The molecule has 0 N–H and O–H groups in total. The third-order valence-electron chi connectivity index (χ3n) is 7.15. The summed E-state index contributed by atoms with van der Waals surface area (Å²) in [6.45, 7) is 3.82. The molecule has 0 aliphatic rings. The Morgan fingerprint density at radius 2 is 1.10 bits per heavy atom. The normalized spacial score (nSPS) is 11.0. The van der Waals surface area contributed by atoms with Crippen molar-refractivity contribution in [3.8, 4) is 0 Å². The second-order valence-electron chi connectivity index (χ2n) is 9.83. The van der Waals surface area contributed by atoms with E-state index in [1.807, 2.05) is 127 Å². The number of carbonyl (C=O) groups excluding carboxylic acids is 2. The number of ketones is 2. The van der Waals surface area contributed by atoms with Crippen molar-refractivity contribution in [1.82, 2.24) is 4.98 Å². The fourth-order valence-corrected chi connectivity index (χ4v) is 4.72. The molecule has 4 heteroatoms. The lowest BCUT2D eigenvalue weighted by molar-refractivity contribution is 0.103. The molecule has 0 amide bonds. The highest BCUT2D eigenvalue weighted by Crippen LogP contribution is 2.19. The van der Waals surface area contributed by atoms with Crippen LogP contribution >= 0.6 is 0 Å². The van der Waals surface area contributed by atoms with Gasteiger partial charge in [-0.1, -0.05) is 91.0 Å². The molecule has 4 nitrogen and oxygen atoms in total. The van der Waals surface area contributed by atoms with E-state index in [1.165, 1.54) is 5.56 Å². The standard InChI is InChI=1S/C37H32N2O2/c1-2-39(35-20-18-34(19-21-35)36(40)31-6-4-3-5-7-31)27-24-29-12-16-33(17-13-29)37(41)32-14-10-28(11-15-32)8-9-30-22-25-38-26-23-30/h3-23,25-26H,2,24,27H2,1H3. The van der Waals surface area contributed by atoms with Gasteiger partial charge in [0.1, 0.15) is 0 Å². The van der Waals surface area contributed by atoms with E-state index in [2.05, 4.69) is 16.8 Å². The first-order chi connectivity index (χ1) is 20.1. The zero-order valence-corrected chi connectivity index (χ0v) is 23.1. The quantitative estimate of drug-likeness (QED) is 0.162. The zero-order chi connectivity index (χ0) is 28.4. The van der Waals surface area contributed by atoms with Crippen LogP contribution in [0.3, 0.4) is 0 Å². The molecule has 0 fully saturated rings.